The highest BCUT2D eigenvalue weighted by Gasteiger charge is 2.41. The van der Waals surface area contributed by atoms with Crippen molar-refractivity contribution in [2.75, 3.05) is 18.4 Å². The van der Waals surface area contributed by atoms with Crippen LogP contribution in [0.5, 0.6) is 0 Å². The van der Waals surface area contributed by atoms with E-state index in [-0.39, 0.29) is 10.8 Å². The predicted octanol–water partition coefficient (Wildman–Crippen LogP) is 1.83. The maximum Gasteiger partial charge on any atom is 0.265 e. The number of amides is 1. The molecule has 0 saturated carbocycles. The molecule has 2 aromatic carbocycles. The number of rotatable bonds is 2. The van der Waals surface area contributed by atoms with Crippen LogP contribution < -0.4 is 4.31 Å². The fourth-order valence-corrected chi connectivity index (χ4v) is 4.67. The minimum absolute atomic E-state index is 0.247. The zero-order valence-corrected chi connectivity index (χ0v) is 12.9. The largest absolute Gasteiger partial charge is 0.347 e. The van der Waals surface area contributed by atoms with E-state index in [0.717, 1.165) is 5.39 Å². The molecule has 0 saturated heterocycles. The molecule has 0 unspecified atom stereocenters. The van der Waals surface area contributed by atoms with Crippen molar-refractivity contribution in [3.05, 3.63) is 36.4 Å². The van der Waals surface area contributed by atoms with E-state index >= 15 is 0 Å². The zero-order valence-electron chi connectivity index (χ0n) is 12.1. The van der Waals surface area contributed by atoms with Crippen molar-refractivity contribution in [2.45, 2.75) is 17.9 Å². The Hall–Kier alpha value is -2.08. The smallest absolute Gasteiger partial charge is 0.265 e. The number of anilines is 1. The third kappa shape index (κ3) is 1.82. The van der Waals surface area contributed by atoms with Crippen LogP contribution in [-0.2, 0) is 14.8 Å². The summed E-state index contributed by atoms with van der Waals surface area (Å²) in [6, 6.07) is 9.84. The van der Waals surface area contributed by atoms with Crippen LogP contribution in [0.1, 0.15) is 6.92 Å². The van der Waals surface area contributed by atoms with Gasteiger partial charge >= 0.3 is 0 Å². The molecule has 0 fully saturated rings. The SMILES string of the molecule is C[C@H](C(=O)N(C)C)N1c2cccc3cccc(c23)S1(=O)=O. The van der Waals surface area contributed by atoms with Gasteiger partial charge in [0, 0.05) is 19.5 Å². The zero-order chi connectivity index (χ0) is 15.4. The van der Waals surface area contributed by atoms with Gasteiger partial charge < -0.3 is 4.90 Å². The van der Waals surface area contributed by atoms with Crippen molar-refractivity contribution in [3.8, 4) is 0 Å². The van der Waals surface area contributed by atoms with Crippen LogP contribution in [0.2, 0.25) is 0 Å². The minimum Gasteiger partial charge on any atom is -0.347 e. The highest BCUT2D eigenvalue weighted by molar-refractivity contribution is 7.93. The second-order valence-corrected chi connectivity index (χ2v) is 7.12. The average Bonchev–Trinajstić information content (AvgIpc) is 2.68. The van der Waals surface area contributed by atoms with Crippen molar-refractivity contribution in [2.24, 2.45) is 0 Å². The molecule has 1 aliphatic rings. The Balaban J connectivity index is 2.27. The molecule has 21 heavy (non-hydrogen) atoms. The molecule has 1 atom stereocenters. The molecule has 0 bridgehead atoms. The van der Waals surface area contributed by atoms with E-state index in [1.807, 2.05) is 18.2 Å². The summed E-state index contributed by atoms with van der Waals surface area (Å²) in [5.41, 5.74) is 0.575. The number of sulfonamides is 1. The third-order valence-corrected chi connectivity index (χ3v) is 5.70. The van der Waals surface area contributed by atoms with E-state index in [4.69, 9.17) is 0 Å². The molecule has 0 aliphatic carbocycles. The first-order valence-electron chi connectivity index (χ1n) is 6.63. The van der Waals surface area contributed by atoms with Crippen molar-refractivity contribution in [1.82, 2.24) is 4.90 Å². The van der Waals surface area contributed by atoms with Gasteiger partial charge in [-0.2, -0.15) is 0 Å². The Labute approximate surface area is 123 Å². The molecule has 5 nitrogen and oxygen atoms in total. The summed E-state index contributed by atoms with van der Waals surface area (Å²) in [5, 5.41) is 1.55. The molecular formula is C15H16N2O3S. The number of carbonyl (C=O) groups is 1. The Morgan fingerprint density at radius 1 is 1.14 bits per heavy atom. The van der Waals surface area contributed by atoms with Crippen molar-refractivity contribution >= 4 is 32.4 Å². The van der Waals surface area contributed by atoms with E-state index in [2.05, 4.69) is 0 Å². The molecule has 0 aromatic heterocycles. The number of hydrogen-bond acceptors (Lipinski definition) is 3. The lowest BCUT2D eigenvalue weighted by molar-refractivity contribution is -0.129. The number of benzene rings is 2. The molecule has 6 heteroatoms. The standard InChI is InChI=1S/C15H16N2O3S/c1-10(15(18)16(2)3)17-12-8-4-6-11-7-5-9-13(14(11)12)21(17,19)20/h4-10H,1-3H3/t10-/m1/s1. The normalized spacial score (nSPS) is 17.0. The first-order valence-corrected chi connectivity index (χ1v) is 8.07. The lowest BCUT2D eigenvalue weighted by Crippen LogP contribution is -2.46. The van der Waals surface area contributed by atoms with E-state index < -0.39 is 16.1 Å². The summed E-state index contributed by atoms with van der Waals surface area (Å²) in [6.45, 7) is 1.62. The van der Waals surface area contributed by atoms with Gasteiger partial charge in [-0.3, -0.25) is 9.10 Å². The summed E-state index contributed by atoms with van der Waals surface area (Å²) < 4.78 is 26.8. The number of likely N-dealkylation sites (N-methyl/N-ethyl adjacent to an activating group) is 1. The van der Waals surface area contributed by atoms with E-state index in [9.17, 15) is 13.2 Å². The maximum absolute atomic E-state index is 12.8. The van der Waals surface area contributed by atoms with Gasteiger partial charge in [-0.25, -0.2) is 8.42 Å². The molecule has 3 rings (SSSR count). The van der Waals surface area contributed by atoms with Gasteiger partial charge in [-0.1, -0.05) is 24.3 Å². The van der Waals surface area contributed by atoms with Gasteiger partial charge in [0.25, 0.3) is 10.0 Å². The highest BCUT2D eigenvalue weighted by Crippen LogP contribution is 2.43. The third-order valence-electron chi connectivity index (χ3n) is 3.77. The average molecular weight is 304 g/mol. The minimum atomic E-state index is -3.69. The second kappa shape index (κ2) is 4.46. The van der Waals surface area contributed by atoms with Crippen molar-refractivity contribution in [3.63, 3.8) is 0 Å². The van der Waals surface area contributed by atoms with E-state index in [0.29, 0.717) is 11.1 Å². The number of hydrogen-bond donors (Lipinski definition) is 0. The molecule has 0 radical (unpaired) electrons. The molecule has 110 valence electrons. The Kier molecular flexibility index (Phi) is 2.95. The topological polar surface area (TPSA) is 57.7 Å². The molecular weight excluding hydrogens is 288 g/mol. The molecule has 0 spiro atoms. The molecule has 1 aliphatic heterocycles. The molecule has 1 heterocycles. The first-order chi connectivity index (χ1) is 9.85. The highest BCUT2D eigenvalue weighted by atomic mass is 32.2. The van der Waals surface area contributed by atoms with Crippen LogP contribution in [-0.4, -0.2) is 39.4 Å². The second-order valence-electron chi connectivity index (χ2n) is 5.34. The first kappa shape index (κ1) is 13.9. The van der Waals surface area contributed by atoms with Crippen LogP contribution in [0, 0.1) is 0 Å². The van der Waals surface area contributed by atoms with Gasteiger partial charge in [0.1, 0.15) is 6.04 Å². The van der Waals surface area contributed by atoms with Crippen LogP contribution in [0.15, 0.2) is 41.3 Å². The Morgan fingerprint density at radius 2 is 1.76 bits per heavy atom. The fraction of sp³-hybridized carbons (Fsp3) is 0.267. The van der Waals surface area contributed by atoms with Gasteiger partial charge in [0.05, 0.1) is 10.6 Å². The lowest BCUT2D eigenvalue weighted by Gasteiger charge is -2.27. The lowest BCUT2D eigenvalue weighted by atomic mass is 10.1. The van der Waals surface area contributed by atoms with Crippen molar-refractivity contribution in [1.29, 1.82) is 0 Å². The van der Waals surface area contributed by atoms with Crippen LogP contribution in [0.3, 0.4) is 0 Å². The van der Waals surface area contributed by atoms with Gasteiger partial charge in [0.15, 0.2) is 0 Å². The molecule has 0 N–H and O–H groups in total. The molecule has 2 aromatic rings. The Morgan fingerprint density at radius 3 is 2.38 bits per heavy atom. The van der Waals surface area contributed by atoms with E-state index in [1.54, 1.807) is 39.2 Å². The van der Waals surface area contributed by atoms with Crippen molar-refractivity contribution < 1.29 is 13.2 Å². The van der Waals surface area contributed by atoms with Crippen LogP contribution in [0.4, 0.5) is 5.69 Å². The van der Waals surface area contributed by atoms with Crippen LogP contribution in [0.25, 0.3) is 10.8 Å². The van der Waals surface area contributed by atoms with Gasteiger partial charge in [0.2, 0.25) is 5.91 Å². The number of carbonyl (C=O) groups excluding carboxylic acids is 1. The summed E-state index contributed by atoms with van der Waals surface area (Å²) >= 11 is 0. The summed E-state index contributed by atoms with van der Waals surface area (Å²) in [4.78, 5) is 13.9. The molecule has 1 amide bonds. The fourth-order valence-electron chi connectivity index (χ4n) is 2.81. The Bertz CT molecular complexity index is 838. The summed E-state index contributed by atoms with van der Waals surface area (Å²) in [7, 11) is -0.450. The maximum atomic E-state index is 12.8. The van der Waals surface area contributed by atoms with Crippen LogP contribution >= 0.6 is 0 Å². The predicted molar refractivity (Wildman–Crippen MR) is 81.8 cm³/mol. The summed E-state index contributed by atoms with van der Waals surface area (Å²) in [6.07, 6.45) is 0. The monoisotopic (exact) mass is 304 g/mol. The van der Waals surface area contributed by atoms with E-state index in [1.165, 1.54) is 9.21 Å². The van der Waals surface area contributed by atoms with Gasteiger partial charge in [-0.15, -0.1) is 0 Å². The van der Waals surface area contributed by atoms with Gasteiger partial charge in [-0.05, 0) is 24.4 Å². The quantitative estimate of drug-likeness (QED) is 0.850. The summed E-state index contributed by atoms with van der Waals surface area (Å²) in [5.74, 6) is -0.247. The number of nitrogens with zero attached hydrogens (tertiary/aromatic N) is 2.